The molecule has 1 aliphatic carbocycles. The number of methoxy groups -OCH3 is 1. The van der Waals surface area contributed by atoms with Crippen LogP contribution in [0.5, 0.6) is 0 Å². The maximum atomic E-state index is 12.5. The van der Waals surface area contributed by atoms with Gasteiger partial charge in [-0.05, 0) is 35.1 Å². The second kappa shape index (κ2) is 5.64. The standard InChI is InChI=1S/C18H17BrO2/c1-21-17(20)18(16-8-6-13(12-19)7-9-16)10-14-4-2-3-5-15(14)11-18/h2-9H,10-12H2,1H3. The summed E-state index contributed by atoms with van der Waals surface area (Å²) in [5.41, 5.74) is 4.15. The van der Waals surface area contributed by atoms with E-state index < -0.39 is 5.41 Å². The number of carbonyl (C=O) groups excluding carboxylic acids is 1. The molecule has 0 saturated heterocycles. The monoisotopic (exact) mass is 344 g/mol. The van der Waals surface area contributed by atoms with Gasteiger partial charge in [-0.15, -0.1) is 0 Å². The molecule has 2 aromatic rings. The highest BCUT2D eigenvalue weighted by Gasteiger charge is 2.46. The number of esters is 1. The molecule has 0 spiro atoms. The number of carbonyl (C=O) groups is 1. The summed E-state index contributed by atoms with van der Waals surface area (Å²) < 4.78 is 5.13. The van der Waals surface area contributed by atoms with Crippen molar-refractivity contribution in [1.82, 2.24) is 0 Å². The highest BCUT2D eigenvalue weighted by Crippen LogP contribution is 2.40. The van der Waals surface area contributed by atoms with E-state index in [1.165, 1.54) is 23.8 Å². The fourth-order valence-electron chi connectivity index (χ4n) is 3.19. The molecular formula is C18H17BrO2. The van der Waals surface area contributed by atoms with Crippen molar-refractivity contribution in [3.05, 3.63) is 70.8 Å². The fourth-order valence-corrected chi connectivity index (χ4v) is 3.56. The number of ether oxygens (including phenoxy) is 1. The van der Waals surface area contributed by atoms with E-state index in [2.05, 4.69) is 52.3 Å². The second-order valence-corrected chi connectivity index (χ2v) is 6.09. The molecule has 0 atom stereocenters. The van der Waals surface area contributed by atoms with Crippen LogP contribution in [0.25, 0.3) is 0 Å². The summed E-state index contributed by atoms with van der Waals surface area (Å²) in [4.78, 5) is 12.5. The summed E-state index contributed by atoms with van der Waals surface area (Å²) in [5.74, 6) is -0.148. The number of fused-ring (bicyclic) bond motifs is 1. The SMILES string of the molecule is COC(=O)C1(c2ccc(CBr)cc2)Cc2ccccc2C1. The average Bonchev–Trinajstić information content (AvgIpc) is 2.94. The van der Waals surface area contributed by atoms with Crippen LogP contribution in [0.15, 0.2) is 48.5 Å². The molecule has 2 aromatic carbocycles. The molecule has 3 heteroatoms. The van der Waals surface area contributed by atoms with E-state index in [0.717, 1.165) is 10.9 Å². The third-order valence-corrected chi connectivity index (χ3v) is 4.99. The molecular weight excluding hydrogens is 328 g/mol. The van der Waals surface area contributed by atoms with Crippen molar-refractivity contribution in [1.29, 1.82) is 0 Å². The number of benzene rings is 2. The zero-order valence-corrected chi connectivity index (χ0v) is 13.5. The van der Waals surface area contributed by atoms with Crippen molar-refractivity contribution in [2.75, 3.05) is 7.11 Å². The van der Waals surface area contributed by atoms with Gasteiger partial charge in [0, 0.05) is 5.33 Å². The molecule has 0 aliphatic heterocycles. The Morgan fingerprint density at radius 1 is 1.10 bits per heavy atom. The second-order valence-electron chi connectivity index (χ2n) is 5.53. The average molecular weight is 345 g/mol. The summed E-state index contributed by atoms with van der Waals surface area (Å²) in [6.45, 7) is 0. The van der Waals surface area contributed by atoms with Crippen molar-refractivity contribution in [3.8, 4) is 0 Å². The van der Waals surface area contributed by atoms with Gasteiger partial charge >= 0.3 is 5.97 Å². The minimum absolute atomic E-state index is 0.148. The Morgan fingerprint density at radius 2 is 1.67 bits per heavy atom. The van der Waals surface area contributed by atoms with Crippen LogP contribution in [0, 0.1) is 0 Å². The number of alkyl halides is 1. The maximum Gasteiger partial charge on any atom is 0.316 e. The van der Waals surface area contributed by atoms with Crippen LogP contribution >= 0.6 is 15.9 Å². The van der Waals surface area contributed by atoms with E-state index >= 15 is 0 Å². The van der Waals surface area contributed by atoms with Gasteiger partial charge in [0.25, 0.3) is 0 Å². The van der Waals surface area contributed by atoms with Crippen LogP contribution in [-0.4, -0.2) is 13.1 Å². The van der Waals surface area contributed by atoms with Crippen molar-refractivity contribution in [2.45, 2.75) is 23.6 Å². The van der Waals surface area contributed by atoms with E-state index in [1.807, 2.05) is 12.1 Å². The van der Waals surface area contributed by atoms with Gasteiger partial charge in [-0.3, -0.25) is 4.79 Å². The molecule has 0 aromatic heterocycles. The van der Waals surface area contributed by atoms with E-state index in [4.69, 9.17) is 4.74 Å². The van der Waals surface area contributed by atoms with Gasteiger partial charge in [-0.1, -0.05) is 64.5 Å². The quantitative estimate of drug-likeness (QED) is 0.625. The van der Waals surface area contributed by atoms with Crippen LogP contribution in [0.2, 0.25) is 0 Å². The van der Waals surface area contributed by atoms with Crippen molar-refractivity contribution in [2.24, 2.45) is 0 Å². The molecule has 1 aliphatic rings. The van der Waals surface area contributed by atoms with Gasteiger partial charge in [-0.2, -0.15) is 0 Å². The first kappa shape index (κ1) is 14.3. The molecule has 3 rings (SSSR count). The molecule has 0 N–H and O–H groups in total. The van der Waals surface area contributed by atoms with Crippen molar-refractivity contribution >= 4 is 21.9 Å². The summed E-state index contributed by atoms with van der Waals surface area (Å²) in [6.07, 6.45) is 1.42. The topological polar surface area (TPSA) is 26.3 Å². The predicted molar refractivity (Wildman–Crippen MR) is 86.6 cm³/mol. The first-order valence-corrected chi connectivity index (χ1v) is 8.12. The minimum Gasteiger partial charge on any atom is -0.468 e. The Hall–Kier alpha value is -1.61. The van der Waals surface area contributed by atoms with Crippen molar-refractivity contribution < 1.29 is 9.53 Å². The number of hydrogen-bond donors (Lipinski definition) is 0. The fraction of sp³-hybridized carbons (Fsp3) is 0.278. The molecule has 0 bridgehead atoms. The molecule has 0 heterocycles. The molecule has 21 heavy (non-hydrogen) atoms. The highest BCUT2D eigenvalue weighted by atomic mass is 79.9. The normalized spacial score (nSPS) is 15.5. The Bertz CT molecular complexity index is 636. The third-order valence-electron chi connectivity index (χ3n) is 4.34. The van der Waals surface area contributed by atoms with Gasteiger partial charge in [0.15, 0.2) is 0 Å². The smallest absolute Gasteiger partial charge is 0.316 e. The predicted octanol–water partition coefficient (Wildman–Crippen LogP) is 3.79. The van der Waals surface area contributed by atoms with Gasteiger partial charge in [0.2, 0.25) is 0 Å². The molecule has 2 nitrogen and oxygen atoms in total. The molecule has 0 fully saturated rings. The molecule has 0 unspecified atom stereocenters. The molecule has 0 radical (unpaired) electrons. The lowest BCUT2D eigenvalue weighted by molar-refractivity contribution is -0.147. The largest absolute Gasteiger partial charge is 0.468 e. The highest BCUT2D eigenvalue weighted by molar-refractivity contribution is 9.08. The lowest BCUT2D eigenvalue weighted by Gasteiger charge is -2.26. The van der Waals surface area contributed by atoms with Gasteiger partial charge in [0.05, 0.1) is 7.11 Å². The summed E-state index contributed by atoms with van der Waals surface area (Å²) in [6, 6.07) is 16.5. The van der Waals surface area contributed by atoms with Crippen LogP contribution in [0.1, 0.15) is 22.3 Å². The van der Waals surface area contributed by atoms with E-state index in [0.29, 0.717) is 12.8 Å². The Morgan fingerprint density at radius 3 is 2.14 bits per heavy atom. The molecule has 0 saturated carbocycles. The van der Waals surface area contributed by atoms with Crippen LogP contribution in [0.3, 0.4) is 0 Å². The Kier molecular flexibility index (Phi) is 3.85. The third kappa shape index (κ3) is 2.40. The van der Waals surface area contributed by atoms with Crippen LogP contribution < -0.4 is 0 Å². The number of hydrogen-bond acceptors (Lipinski definition) is 2. The maximum absolute atomic E-state index is 12.5. The minimum atomic E-state index is -0.580. The number of rotatable bonds is 3. The van der Waals surface area contributed by atoms with E-state index in [9.17, 15) is 4.79 Å². The zero-order valence-electron chi connectivity index (χ0n) is 11.9. The Balaban J connectivity index is 2.05. The summed E-state index contributed by atoms with van der Waals surface area (Å²) >= 11 is 3.45. The van der Waals surface area contributed by atoms with E-state index in [1.54, 1.807) is 0 Å². The van der Waals surface area contributed by atoms with Crippen LogP contribution in [-0.2, 0) is 33.1 Å². The van der Waals surface area contributed by atoms with Crippen molar-refractivity contribution in [3.63, 3.8) is 0 Å². The first-order chi connectivity index (χ1) is 10.2. The molecule has 0 amide bonds. The first-order valence-electron chi connectivity index (χ1n) is 7.00. The summed E-state index contributed by atoms with van der Waals surface area (Å²) in [7, 11) is 1.47. The summed E-state index contributed by atoms with van der Waals surface area (Å²) in [5, 5.41) is 0.818. The van der Waals surface area contributed by atoms with Crippen LogP contribution in [0.4, 0.5) is 0 Å². The van der Waals surface area contributed by atoms with E-state index in [-0.39, 0.29) is 5.97 Å². The van der Waals surface area contributed by atoms with Gasteiger partial charge in [-0.25, -0.2) is 0 Å². The lowest BCUT2D eigenvalue weighted by Crippen LogP contribution is -2.37. The van der Waals surface area contributed by atoms with Gasteiger partial charge in [0.1, 0.15) is 5.41 Å². The Labute approximate surface area is 133 Å². The molecule has 108 valence electrons. The zero-order chi connectivity index (χ0) is 14.9. The van der Waals surface area contributed by atoms with Gasteiger partial charge < -0.3 is 4.74 Å². The lowest BCUT2D eigenvalue weighted by atomic mass is 9.77. The number of halogens is 1.